The van der Waals surface area contributed by atoms with E-state index in [0.29, 0.717) is 17.1 Å². The summed E-state index contributed by atoms with van der Waals surface area (Å²) in [6.45, 7) is 8.38. The maximum atomic E-state index is 12.2. The molecule has 0 bridgehead atoms. The second-order valence-electron chi connectivity index (χ2n) is 5.86. The van der Waals surface area contributed by atoms with E-state index in [1.54, 1.807) is 6.08 Å². The quantitative estimate of drug-likeness (QED) is 0.651. The topological polar surface area (TPSA) is 43.6 Å². The lowest BCUT2D eigenvalue weighted by molar-refractivity contribution is -0.120. The molecule has 2 aromatic carbocycles. The lowest BCUT2D eigenvalue weighted by Gasteiger charge is -2.04. The van der Waals surface area contributed by atoms with Crippen LogP contribution in [0.4, 0.5) is 0 Å². The summed E-state index contributed by atoms with van der Waals surface area (Å²) in [7, 11) is 0. The SMILES string of the molecule is C=CCn1c(=NC(=O)COc2ccc(C)cc2)sc2cc(C)ccc21. The van der Waals surface area contributed by atoms with Crippen LogP contribution in [-0.4, -0.2) is 17.1 Å². The first-order valence-electron chi connectivity index (χ1n) is 8.05. The highest BCUT2D eigenvalue weighted by molar-refractivity contribution is 7.16. The van der Waals surface area contributed by atoms with Crippen LogP contribution in [0.1, 0.15) is 11.1 Å². The molecule has 0 saturated carbocycles. The monoisotopic (exact) mass is 352 g/mol. The zero-order chi connectivity index (χ0) is 17.8. The average Bonchev–Trinajstić information content (AvgIpc) is 2.91. The Morgan fingerprint density at radius 2 is 1.92 bits per heavy atom. The summed E-state index contributed by atoms with van der Waals surface area (Å²) >= 11 is 1.50. The van der Waals surface area contributed by atoms with Crippen molar-refractivity contribution in [1.29, 1.82) is 0 Å². The number of hydrogen-bond acceptors (Lipinski definition) is 3. The minimum absolute atomic E-state index is 0.0789. The Morgan fingerprint density at radius 1 is 1.20 bits per heavy atom. The van der Waals surface area contributed by atoms with Crippen LogP contribution in [0.2, 0.25) is 0 Å². The van der Waals surface area contributed by atoms with E-state index in [1.165, 1.54) is 16.9 Å². The van der Waals surface area contributed by atoms with Gasteiger partial charge in [-0.25, -0.2) is 0 Å². The van der Waals surface area contributed by atoms with Crippen molar-refractivity contribution < 1.29 is 9.53 Å². The molecule has 0 unspecified atom stereocenters. The summed E-state index contributed by atoms with van der Waals surface area (Å²) in [4.78, 5) is 17.1. The normalized spacial score (nSPS) is 11.7. The molecule has 0 aliphatic rings. The van der Waals surface area contributed by atoms with E-state index in [-0.39, 0.29) is 12.5 Å². The van der Waals surface area contributed by atoms with Crippen molar-refractivity contribution in [3.63, 3.8) is 0 Å². The van der Waals surface area contributed by atoms with E-state index >= 15 is 0 Å². The molecule has 1 heterocycles. The molecule has 25 heavy (non-hydrogen) atoms. The van der Waals surface area contributed by atoms with E-state index in [4.69, 9.17) is 4.74 Å². The van der Waals surface area contributed by atoms with Crippen LogP contribution < -0.4 is 9.54 Å². The molecule has 0 radical (unpaired) electrons. The maximum Gasteiger partial charge on any atom is 0.286 e. The lowest BCUT2D eigenvalue weighted by atomic mass is 10.2. The zero-order valence-electron chi connectivity index (χ0n) is 14.4. The summed E-state index contributed by atoms with van der Waals surface area (Å²) in [5.74, 6) is 0.363. The second kappa shape index (κ2) is 7.49. The lowest BCUT2D eigenvalue weighted by Crippen LogP contribution is -2.19. The van der Waals surface area contributed by atoms with Crippen molar-refractivity contribution in [3.8, 4) is 5.75 Å². The zero-order valence-corrected chi connectivity index (χ0v) is 15.2. The van der Waals surface area contributed by atoms with Gasteiger partial charge in [-0.05, 0) is 43.7 Å². The van der Waals surface area contributed by atoms with Crippen molar-refractivity contribution >= 4 is 27.5 Å². The Kier molecular flexibility index (Phi) is 5.14. The van der Waals surface area contributed by atoms with Crippen LogP contribution in [0.25, 0.3) is 10.2 Å². The number of carbonyl (C=O) groups is 1. The summed E-state index contributed by atoms with van der Waals surface area (Å²) in [5.41, 5.74) is 3.39. The molecule has 0 fully saturated rings. The highest BCUT2D eigenvalue weighted by Crippen LogP contribution is 2.19. The Balaban J connectivity index is 1.86. The van der Waals surface area contributed by atoms with Crippen molar-refractivity contribution in [2.24, 2.45) is 4.99 Å². The Hall–Kier alpha value is -2.66. The molecule has 0 spiro atoms. The van der Waals surface area contributed by atoms with Crippen LogP contribution >= 0.6 is 11.3 Å². The number of nitrogens with zero attached hydrogens (tertiary/aromatic N) is 2. The molecule has 5 heteroatoms. The van der Waals surface area contributed by atoms with Gasteiger partial charge in [0.25, 0.3) is 5.91 Å². The standard InChI is InChI=1S/C20H20N2O2S/c1-4-11-22-17-10-7-15(3)12-18(17)25-20(22)21-19(23)13-24-16-8-5-14(2)6-9-16/h4-10,12H,1,11,13H2,2-3H3. The number of carbonyl (C=O) groups excluding carboxylic acids is 1. The molecule has 4 nitrogen and oxygen atoms in total. The number of thiazole rings is 1. The number of allylic oxidation sites excluding steroid dienone is 1. The van der Waals surface area contributed by atoms with Crippen LogP contribution in [0.5, 0.6) is 5.75 Å². The van der Waals surface area contributed by atoms with Gasteiger partial charge in [-0.2, -0.15) is 4.99 Å². The van der Waals surface area contributed by atoms with Gasteiger partial charge in [-0.15, -0.1) is 6.58 Å². The van der Waals surface area contributed by atoms with E-state index < -0.39 is 0 Å². The summed E-state index contributed by atoms with van der Waals surface area (Å²) in [5, 5.41) is 0. The summed E-state index contributed by atoms with van der Waals surface area (Å²) in [6, 6.07) is 13.8. The van der Waals surface area contributed by atoms with Gasteiger partial charge in [0.2, 0.25) is 0 Å². The van der Waals surface area contributed by atoms with Gasteiger partial charge < -0.3 is 9.30 Å². The van der Waals surface area contributed by atoms with Crippen molar-refractivity contribution in [2.75, 3.05) is 6.61 Å². The predicted octanol–water partition coefficient (Wildman–Crippen LogP) is 4.01. The molecule has 0 N–H and O–H groups in total. The van der Waals surface area contributed by atoms with E-state index in [9.17, 15) is 4.79 Å². The first-order valence-corrected chi connectivity index (χ1v) is 8.86. The number of benzene rings is 2. The fraction of sp³-hybridized carbons (Fsp3) is 0.200. The predicted molar refractivity (Wildman–Crippen MR) is 102 cm³/mol. The molecular formula is C20H20N2O2S. The molecule has 0 saturated heterocycles. The molecule has 0 aliphatic heterocycles. The van der Waals surface area contributed by atoms with Crippen LogP contribution in [0.15, 0.2) is 60.1 Å². The van der Waals surface area contributed by atoms with Gasteiger partial charge in [0, 0.05) is 6.54 Å². The first kappa shape index (κ1) is 17.2. The fourth-order valence-electron chi connectivity index (χ4n) is 2.49. The third-order valence-corrected chi connectivity index (χ3v) is 4.79. The van der Waals surface area contributed by atoms with Crippen LogP contribution in [0.3, 0.4) is 0 Å². The Morgan fingerprint density at radius 3 is 2.64 bits per heavy atom. The Labute approximate surface area is 150 Å². The summed E-state index contributed by atoms with van der Waals surface area (Å²) in [6.07, 6.45) is 1.80. The van der Waals surface area contributed by atoms with E-state index in [1.807, 2.05) is 42.7 Å². The molecule has 128 valence electrons. The smallest absolute Gasteiger partial charge is 0.286 e. The molecule has 1 aromatic heterocycles. The number of fused-ring (bicyclic) bond motifs is 1. The molecule has 0 aliphatic carbocycles. The van der Waals surface area contributed by atoms with Gasteiger partial charge in [-0.1, -0.05) is 41.2 Å². The van der Waals surface area contributed by atoms with Crippen LogP contribution in [0, 0.1) is 13.8 Å². The highest BCUT2D eigenvalue weighted by Gasteiger charge is 2.08. The van der Waals surface area contributed by atoms with Gasteiger partial charge >= 0.3 is 0 Å². The van der Waals surface area contributed by atoms with E-state index in [0.717, 1.165) is 15.8 Å². The molecule has 1 amide bonds. The maximum absolute atomic E-state index is 12.2. The van der Waals surface area contributed by atoms with Gasteiger partial charge in [0.15, 0.2) is 11.4 Å². The molecular weight excluding hydrogens is 332 g/mol. The molecule has 3 aromatic rings. The van der Waals surface area contributed by atoms with Crippen molar-refractivity contribution in [1.82, 2.24) is 4.57 Å². The average molecular weight is 352 g/mol. The number of amides is 1. The third-order valence-electron chi connectivity index (χ3n) is 3.75. The van der Waals surface area contributed by atoms with Crippen molar-refractivity contribution in [3.05, 3.63) is 71.0 Å². The highest BCUT2D eigenvalue weighted by atomic mass is 32.1. The number of hydrogen-bond donors (Lipinski definition) is 0. The number of aromatic nitrogens is 1. The van der Waals surface area contributed by atoms with Crippen molar-refractivity contribution in [2.45, 2.75) is 20.4 Å². The van der Waals surface area contributed by atoms with Crippen LogP contribution in [-0.2, 0) is 11.3 Å². The second-order valence-corrected chi connectivity index (χ2v) is 6.87. The minimum atomic E-state index is -0.304. The Bertz CT molecular complexity index is 981. The van der Waals surface area contributed by atoms with Gasteiger partial charge in [-0.3, -0.25) is 4.79 Å². The largest absolute Gasteiger partial charge is 0.484 e. The van der Waals surface area contributed by atoms with Gasteiger partial charge in [0.05, 0.1) is 10.2 Å². The molecule has 3 rings (SSSR count). The number of aryl methyl sites for hydroxylation is 2. The molecule has 0 atom stereocenters. The fourth-order valence-corrected chi connectivity index (χ4v) is 3.64. The number of ether oxygens (including phenoxy) is 1. The third kappa shape index (κ3) is 4.06. The minimum Gasteiger partial charge on any atom is -0.484 e. The van der Waals surface area contributed by atoms with E-state index in [2.05, 4.69) is 29.8 Å². The summed E-state index contributed by atoms with van der Waals surface area (Å²) < 4.78 is 8.62. The number of rotatable bonds is 5. The first-order chi connectivity index (χ1) is 12.1. The van der Waals surface area contributed by atoms with Gasteiger partial charge in [0.1, 0.15) is 5.75 Å².